The molecule has 0 radical (unpaired) electrons. The molecule has 0 saturated heterocycles. The second kappa shape index (κ2) is 4.77. The highest BCUT2D eigenvalue weighted by Crippen LogP contribution is 2.16. The molecule has 2 N–H and O–H groups in total. The van der Waals surface area contributed by atoms with E-state index in [-0.39, 0.29) is 0 Å². The summed E-state index contributed by atoms with van der Waals surface area (Å²) < 4.78 is 1.80. The zero-order valence-corrected chi connectivity index (χ0v) is 10.9. The fraction of sp³-hybridized carbons (Fsp3) is 0.333. The Morgan fingerprint density at radius 1 is 1.32 bits per heavy atom. The minimum Gasteiger partial charge on any atom is -0.306 e. The van der Waals surface area contributed by atoms with Gasteiger partial charge < -0.3 is 5.32 Å². The third-order valence-corrected chi connectivity index (χ3v) is 3.01. The highest BCUT2D eigenvalue weighted by atomic mass is 15.3. The molecule has 98 valence electrons. The molecule has 7 heteroatoms. The molecular weight excluding hydrogens is 242 g/mol. The minimum absolute atomic E-state index is 0.657. The number of rotatable bonds is 4. The summed E-state index contributed by atoms with van der Waals surface area (Å²) in [4.78, 5) is 8.50. The van der Waals surface area contributed by atoms with Gasteiger partial charge in [0.1, 0.15) is 12.2 Å². The number of aryl methyl sites for hydroxylation is 2. The van der Waals surface area contributed by atoms with Crippen molar-refractivity contribution >= 4 is 11.0 Å². The van der Waals surface area contributed by atoms with E-state index >= 15 is 0 Å². The maximum Gasteiger partial charge on any atom is 0.157 e. The molecular formula is C12H15N7. The number of nitrogens with zero attached hydrogens (tertiary/aromatic N) is 5. The van der Waals surface area contributed by atoms with Crippen LogP contribution in [-0.4, -0.2) is 29.9 Å². The normalized spacial score (nSPS) is 11.3. The summed E-state index contributed by atoms with van der Waals surface area (Å²) in [6.07, 6.45) is 3.38. The third kappa shape index (κ3) is 2.32. The van der Waals surface area contributed by atoms with Crippen LogP contribution < -0.4 is 5.32 Å². The summed E-state index contributed by atoms with van der Waals surface area (Å²) in [6, 6.07) is 2.12. The quantitative estimate of drug-likeness (QED) is 0.718. The predicted molar refractivity (Wildman–Crippen MR) is 70.2 cm³/mol. The van der Waals surface area contributed by atoms with Crippen LogP contribution in [0.4, 0.5) is 0 Å². The van der Waals surface area contributed by atoms with Crippen LogP contribution in [0.3, 0.4) is 0 Å². The van der Waals surface area contributed by atoms with Gasteiger partial charge in [0.15, 0.2) is 5.65 Å². The van der Waals surface area contributed by atoms with Gasteiger partial charge in [-0.1, -0.05) is 0 Å². The Labute approximate surface area is 110 Å². The summed E-state index contributed by atoms with van der Waals surface area (Å²) in [7, 11) is 1.91. The van der Waals surface area contributed by atoms with Crippen molar-refractivity contribution in [3.05, 3.63) is 35.7 Å². The van der Waals surface area contributed by atoms with Crippen LogP contribution in [0.1, 0.15) is 17.1 Å². The van der Waals surface area contributed by atoms with E-state index in [9.17, 15) is 0 Å². The first kappa shape index (κ1) is 11.8. The van der Waals surface area contributed by atoms with Crippen molar-refractivity contribution in [2.24, 2.45) is 7.05 Å². The van der Waals surface area contributed by atoms with Gasteiger partial charge in [0.05, 0.1) is 12.2 Å². The Hall–Kier alpha value is -2.28. The lowest BCUT2D eigenvalue weighted by Gasteiger charge is -2.03. The van der Waals surface area contributed by atoms with E-state index in [1.165, 1.54) is 6.33 Å². The maximum atomic E-state index is 4.44. The topological polar surface area (TPSA) is 84.3 Å². The number of aromatic nitrogens is 6. The summed E-state index contributed by atoms with van der Waals surface area (Å²) in [5, 5.41) is 15.4. The lowest BCUT2D eigenvalue weighted by Crippen LogP contribution is -2.13. The number of H-pyrrole nitrogens is 1. The average molecular weight is 257 g/mol. The summed E-state index contributed by atoms with van der Waals surface area (Å²) in [5.41, 5.74) is 3.04. The number of hydrogen-bond donors (Lipinski definition) is 2. The first-order valence-electron chi connectivity index (χ1n) is 6.07. The molecule has 3 heterocycles. The molecule has 3 aromatic rings. The molecule has 0 amide bonds. The summed E-state index contributed by atoms with van der Waals surface area (Å²) in [6.45, 7) is 3.39. The van der Waals surface area contributed by atoms with E-state index in [1.54, 1.807) is 4.68 Å². The minimum atomic E-state index is 0.657. The first-order valence-corrected chi connectivity index (χ1v) is 6.07. The zero-order chi connectivity index (χ0) is 13.2. The number of fused-ring (bicyclic) bond motifs is 1. The van der Waals surface area contributed by atoms with Gasteiger partial charge in [-0.05, 0) is 18.6 Å². The lowest BCUT2D eigenvalue weighted by atomic mass is 10.2. The second-order valence-electron chi connectivity index (χ2n) is 4.46. The van der Waals surface area contributed by atoms with Gasteiger partial charge in [-0.25, -0.2) is 9.97 Å². The van der Waals surface area contributed by atoms with E-state index in [1.807, 2.05) is 20.2 Å². The van der Waals surface area contributed by atoms with E-state index in [2.05, 4.69) is 36.6 Å². The Morgan fingerprint density at radius 2 is 2.21 bits per heavy atom. The first-order chi connectivity index (χ1) is 9.24. The molecule has 3 rings (SSSR count). The van der Waals surface area contributed by atoms with E-state index in [0.29, 0.717) is 6.54 Å². The third-order valence-electron chi connectivity index (χ3n) is 3.01. The molecule has 0 aliphatic carbocycles. The van der Waals surface area contributed by atoms with Crippen molar-refractivity contribution in [3.63, 3.8) is 0 Å². The summed E-state index contributed by atoms with van der Waals surface area (Å²) >= 11 is 0. The van der Waals surface area contributed by atoms with E-state index in [4.69, 9.17) is 0 Å². The molecule has 0 saturated carbocycles. The molecule has 0 aliphatic rings. The highest BCUT2D eigenvalue weighted by Gasteiger charge is 2.06. The molecule has 0 bridgehead atoms. The molecule has 0 spiro atoms. The van der Waals surface area contributed by atoms with Crippen molar-refractivity contribution < 1.29 is 0 Å². The summed E-state index contributed by atoms with van der Waals surface area (Å²) in [5.74, 6) is 0.826. The van der Waals surface area contributed by atoms with Gasteiger partial charge in [-0.2, -0.15) is 10.2 Å². The van der Waals surface area contributed by atoms with Crippen molar-refractivity contribution in [1.82, 2.24) is 35.3 Å². The predicted octanol–water partition coefficient (Wildman–Crippen LogP) is 0.685. The van der Waals surface area contributed by atoms with Crippen LogP contribution in [0.25, 0.3) is 11.0 Å². The smallest absolute Gasteiger partial charge is 0.157 e. The van der Waals surface area contributed by atoms with Gasteiger partial charge >= 0.3 is 0 Å². The number of nitrogens with one attached hydrogen (secondary N) is 2. The Bertz CT molecular complexity index is 683. The average Bonchev–Trinajstić information content (AvgIpc) is 3.00. The largest absolute Gasteiger partial charge is 0.306 e. The number of aromatic amines is 1. The fourth-order valence-corrected chi connectivity index (χ4v) is 2.09. The molecule has 0 aliphatic heterocycles. The van der Waals surface area contributed by atoms with Gasteiger partial charge in [0, 0.05) is 25.2 Å². The van der Waals surface area contributed by atoms with Crippen molar-refractivity contribution in [2.75, 3.05) is 0 Å². The molecule has 3 aromatic heterocycles. The lowest BCUT2D eigenvalue weighted by molar-refractivity contribution is 0.664. The van der Waals surface area contributed by atoms with Crippen molar-refractivity contribution in [2.45, 2.75) is 20.0 Å². The van der Waals surface area contributed by atoms with Gasteiger partial charge in [0.2, 0.25) is 0 Å². The Kier molecular flexibility index (Phi) is 2.96. The Balaban J connectivity index is 1.73. The van der Waals surface area contributed by atoms with E-state index < -0.39 is 0 Å². The monoisotopic (exact) mass is 257 g/mol. The standard InChI is InChI=1S/C12H15N7/c1-8-10-3-9(5-14-12(10)19(2)18-8)4-13-6-11-15-7-16-17-11/h3,5,7,13H,4,6H2,1-2H3,(H,15,16,17). The molecule has 0 unspecified atom stereocenters. The van der Waals surface area contributed by atoms with Crippen LogP contribution in [0.15, 0.2) is 18.6 Å². The van der Waals surface area contributed by atoms with Crippen LogP contribution in [-0.2, 0) is 20.1 Å². The van der Waals surface area contributed by atoms with Crippen LogP contribution >= 0.6 is 0 Å². The molecule has 19 heavy (non-hydrogen) atoms. The zero-order valence-electron chi connectivity index (χ0n) is 10.9. The number of hydrogen-bond acceptors (Lipinski definition) is 5. The van der Waals surface area contributed by atoms with Gasteiger partial charge in [-0.3, -0.25) is 9.78 Å². The second-order valence-corrected chi connectivity index (χ2v) is 4.46. The fourth-order valence-electron chi connectivity index (χ4n) is 2.09. The molecule has 0 aromatic carbocycles. The van der Waals surface area contributed by atoms with Crippen LogP contribution in [0.5, 0.6) is 0 Å². The molecule has 0 fully saturated rings. The van der Waals surface area contributed by atoms with E-state index in [0.717, 1.165) is 34.7 Å². The van der Waals surface area contributed by atoms with Gasteiger partial charge in [-0.15, -0.1) is 0 Å². The van der Waals surface area contributed by atoms with Crippen molar-refractivity contribution in [1.29, 1.82) is 0 Å². The van der Waals surface area contributed by atoms with Crippen molar-refractivity contribution in [3.8, 4) is 0 Å². The number of pyridine rings is 1. The Morgan fingerprint density at radius 3 is 3.00 bits per heavy atom. The highest BCUT2D eigenvalue weighted by molar-refractivity contribution is 5.78. The maximum absolute atomic E-state index is 4.44. The van der Waals surface area contributed by atoms with Crippen LogP contribution in [0.2, 0.25) is 0 Å². The SMILES string of the molecule is Cc1nn(C)c2ncc(CNCc3ncn[nH]3)cc12. The van der Waals surface area contributed by atoms with Gasteiger partial charge in [0.25, 0.3) is 0 Å². The molecule has 0 atom stereocenters. The van der Waals surface area contributed by atoms with Crippen LogP contribution in [0, 0.1) is 6.92 Å². The molecule has 7 nitrogen and oxygen atoms in total.